The lowest BCUT2D eigenvalue weighted by molar-refractivity contribution is -0.384. The van der Waals surface area contributed by atoms with E-state index >= 15 is 0 Å². The first-order chi connectivity index (χ1) is 19.1. The fourth-order valence-electron chi connectivity index (χ4n) is 5.51. The number of fused-ring (bicyclic) bond motifs is 1. The fourth-order valence-corrected chi connectivity index (χ4v) is 5.51. The first-order valence-electron chi connectivity index (χ1n) is 13.0. The van der Waals surface area contributed by atoms with Gasteiger partial charge in [-0.3, -0.25) is 19.8 Å². The maximum atomic E-state index is 13.8. The van der Waals surface area contributed by atoms with Crippen molar-refractivity contribution in [3.05, 3.63) is 136 Å². The molecule has 0 bridgehead atoms. The molecule has 8 nitrogen and oxygen atoms in total. The van der Waals surface area contributed by atoms with Gasteiger partial charge in [-0.15, -0.1) is 0 Å². The average Bonchev–Trinajstić information content (AvgIpc) is 3.57. The maximum Gasteiger partial charge on any atom is 0.270 e. The molecular weight excluding hydrogens is 492 g/mol. The fraction of sp³-hybridized carbons (Fsp3) is 0.194. The monoisotopic (exact) mass is 520 g/mol. The number of hydrogen-bond donors (Lipinski definition) is 0. The summed E-state index contributed by atoms with van der Waals surface area (Å²) in [5.74, 6) is -0.0672. The second kappa shape index (κ2) is 10.6. The lowest BCUT2D eigenvalue weighted by atomic mass is 9.96. The Morgan fingerprint density at radius 1 is 0.846 bits per heavy atom. The molecule has 1 saturated heterocycles. The van der Waals surface area contributed by atoms with Gasteiger partial charge >= 0.3 is 0 Å². The van der Waals surface area contributed by atoms with E-state index in [2.05, 4.69) is 53.4 Å². The maximum absolute atomic E-state index is 13.8. The van der Waals surface area contributed by atoms with Crippen LogP contribution >= 0.6 is 0 Å². The van der Waals surface area contributed by atoms with E-state index in [1.54, 1.807) is 24.5 Å². The van der Waals surface area contributed by atoms with Crippen molar-refractivity contribution in [2.75, 3.05) is 26.2 Å². The van der Waals surface area contributed by atoms with Crippen molar-refractivity contribution >= 4 is 22.7 Å². The van der Waals surface area contributed by atoms with Gasteiger partial charge in [-0.05, 0) is 16.7 Å². The third-order valence-electron chi connectivity index (χ3n) is 7.40. The van der Waals surface area contributed by atoms with Crippen LogP contribution in [0.3, 0.4) is 0 Å². The van der Waals surface area contributed by atoms with Crippen molar-refractivity contribution in [2.45, 2.75) is 12.6 Å². The first kappa shape index (κ1) is 24.6. The van der Waals surface area contributed by atoms with E-state index in [4.69, 9.17) is 4.42 Å². The van der Waals surface area contributed by atoms with Gasteiger partial charge < -0.3 is 13.9 Å². The highest BCUT2D eigenvalue weighted by molar-refractivity contribution is 5.97. The molecule has 0 aliphatic carbocycles. The van der Waals surface area contributed by atoms with Crippen LogP contribution in [0, 0.1) is 10.1 Å². The van der Waals surface area contributed by atoms with Crippen LogP contribution < -0.4 is 0 Å². The minimum Gasteiger partial charge on any atom is -0.463 e. The summed E-state index contributed by atoms with van der Waals surface area (Å²) in [7, 11) is 0. The van der Waals surface area contributed by atoms with Gasteiger partial charge in [0.15, 0.2) is 5.58 Å². The second-order valence-electron chi connectivity index (χ2n) is 9.76. The van der Waals surface area contributed by atoms with Gasteiger partial charge in [-0.1, -0.05) is 72.8 Å². The highest BCUT2D eigenvalue weighted by Crippen LogP contribution is 2.30. The van der Waals surface area contributed by atoms with Gasteiger partial charge in [-0.2, -0.15) is 0 Å². The smallest absolute Gasteiger partial charge is 0.270 e. The van der Waals surface area contributed by atoms with E-state index in [1.807, 2.05) is 33.7 Å². The van der Waals surface area contributed by atoms with Crippen LogP contribution in [-0.2, 0) is 6.54 Å². The molecule has 0 unspecified atom stereocenters. The predicted molar refractivity (Wildman–Crippen MR) is 149 cm³/mol. The number of nitro groups is 1. The number of non-ortho nitro benzene ring substituents is 1. The number of rotatable bonds is 7. The van der Waals surface area contributed by atoms with Crippen LogP contribution in [0.5, 0.6) is 0 Å². The summed E-state index contributed by atoms with van der Waals surface area (Å²) in [5.41, 5.74) is 5.16. The molecule has 3 heterocycles. The molecule has 2 aromatic heterocycles. The summed E-state index contributed by atoms with van der Waals surface area (Å²) in [6, 6.07) is 31.2. The predicted octanol–water partition coefficient (Wildman–Crippen LogP) is 5.74. The number of amides is 1. The van der Waals surface area contributed by atoms with Crippen LogP contribution in [0.2, 0.25) is 0 Å². The summed E-state index contributed by atoms with van der Waals surface area (Å²) in [5, 5.41) is 11.3. The number of piperazine rings is 1. The molecule has 0 spiro atoms. The molecule has 3 aromatic carbocycles. The molecule has 0 atom stereocenters. The minimum atomic E-state index is -0.406. The van der Waals surface area contributed by atoms with E-state index in [9.17, 15) is 14.9 Å². The molecule has 1 aliphatic heterocycles. The van der Waals surface area contributed by atoms with Crippen LogP contribution in [0.1, 0.15) is 33.2 Å². The standard InChI is InChI=1S/C31H28N4O4/c36-31(28-21-29-27(14-19-39-29)34(28)22-23-8-7-13-26(20-23)35(37)38)33-17-15-32(16-18-33)30(24-9-3-1-4-10-24)25-11-5-2-6-12-25/h1-14,19-21,30H,15-18,22H2. The van der Waals surface area contributed by atoms with Crippen molar-refractivity contribution < 1.29 is 14.1 Å². The van der Waals surface area contributed by atoms with Crippen LogP contribution in [0.4, 0.5) is 5.69 Å². The van der Waals surface area contributed by atoms with Crippen molar-refractivity contribution in [1.82, 2.24) is 14.4 Å². The topological polar surface area (TPSA) is 84.8 Å². The molecule has 5 aromatic rings. The van der Waals surface area contributed by atoms with Gasteiger partial charge in [0.25, 0.3) is 11.6 Å². The number of nitrogens with zero attached hydrogens (tertiary/aromatic N) is 4. The molecule has 1 fully saturated rings. The first-order valence-corrected chi connectivity index (χ1v) is 13.0. The zero-order chi connectivity index (χ0) is 26.8. The number of carbonyl (C=O) groups is 1. The molecule has 196 valence electrons. The van der Waals surface area contributed by atoms with Gasteiger partial charge in [0.1, 0.15) is 5.69 Å². The molecule has 0 saturated carbocycles. The SMILES string of the molecule is O=C(c1cc2occc2n1Cc1cccc([N+](=O)[O-])c1)N1CCN(C(c2ccccc2)c2ccccc2)CC1. The van der Waals surface area contributed by atoms with E-state index in [-0.39, 0.29) is 17.6 Å². The highest BCUT2D eigenvalue weighted by Gasteiger charge is 2.30. The summed E-state index contributed by atoms with van der Waals surface area (Å²) in [6.07, 6.45) is 1.59. The van der Waals surface area contributed by atoms with Gasteiger partial charge in [-0.25, -0.2) is 0 Å². The Bertz CT molecular complexity index is 1560. The van der Waals surface area contributed by atoms with E-state index in [1.165, 1.54) is 17.2 Å². The quantitative estimate of drug-likeness (QED) is 0.202. The van der Waals surface area contributed by atoms with Crippen molar-refractivity contribution in [2.24, 2.45) is 0 Å². The lowest BCUT2D eigenvalue weighted by Gasteiger charge is -2.39. The van der Waals surface area contributed by atoms with Gasteiger partial charge in [0, 0.05) is 57.0 Å². The van der Waals surface area contributed by atoms with E-state index < -0.39 is 4.92 Å². The summed E-state index contributed by atoms with van der Waals surface area (Å²) in [6.45, 7) is 3.00. The molecule has 0 N–H and O–H groups in total. The molecule has 8 heteroatoms. The van der Waals surface area contributed by atoms with Crippen molar-refractivity contribution in [1.29, 1.82) is 0 Å². The second-order valence-corrected chi connectivity index (χ2v) is 9.76. The largest absolute Gasteiger partial charge is 0.463 e. The summed E-state index contributed by atoms with van der Waals surface area (Å²) >= 11 is 0. The zero-order valence-corrected chi connectivity index (χ0v) is 21.3. The van der Waals surface area contributed by atoms with Crippen molar-refractivity contribution in [3.63, 3.8) is 0 Å². The number of benzene rings is 3. The van der Waals surface area contributed by atoms with Gasteiger partial charge in [0.2, 0.25) is 0 Å². The third-order valence-corrected chi connectivity index (χ3v) is 7.40. The van der Waals surface area contributed by atoms with E-state index in [0.29, 0.717) is 30.9 Å². The molecule has 0 radical (unpaired) electrons. The Labute approximate surface area is 225 Å². The Morgan fingerprint density at radius 2 is 1.51 bits per heavy atom. The minimum absolute atomic E-state index is 0.0264. The Hall–Kier alpha value is -4.69. The molecule has 1 aliphatic rings. The normalized spacial score (nSPS) is 14.2. The number of carbonyl (C=O) groups excluding carboxylic acids is 1. The number of aromatic nitrogens is 1. The van der Waals surface area contributed by atoms with Crippen LogP contribution in [-0.4, -0.2) is 51.4 Å². The molecule has 1 amide bonds. The van der Waals surface area contributed by atoms with Crippen LogP contribution in [0.25, 0.3) is 11.1 Å². The highest BCUT2D eigenvalue weighted by atomic mass is 16.6. The molecule has 39 heavy (non-hydrogen) atoms. The number of nitro benzene ring substituents is 1. The van der Waals surface area contributed by atoms with E-state index in [0.717, 1.165) is 24.2 Å². The summed E-state index contributed by atoms with van der Waals surface area (Å²) < 4.78 is 7.51. The number of hydrogen-bond acceptors (Lipinski definition) is 5. The Morgan fingerprint density at radius 3 is 2.15 bits per heavy atom. The molecular formula is C31H28N4O4. The zero-order valence-electron chi connectivity index (χ0n) is 21.3. The lowest BCUT2D eigenvalue weighted by Crippen LogP contribution is -2.50. The van der Waals surface area contributed by atoms with Gasteiger partial charge in [0.05, 0.1) is 22.7 Å². The van der Waals surface area contributed by atoms with Crippen LogP contribution in [0.15, 0.2) is 108 Å². The average molecular weight is 521 g/mol. The number of furan rings is 1. The Balaban J connectivity index is 1.23. The Kier molecular flexibility index (Phi) is 6.69. The molecule has 6 rings (SSSR count). The third kappa shape index (κ3) is 4.94. The summed E-state index contributed by atoms with van der Waals surface area (Å²) in [4.78, 5) is 29.0. The van der Waals surface area contributed by atoms with Crippen molar-refractivity contribution in [3.8, 4) is 0 Å².